The van der Waals surface area contributed by atoms with Crippen molar-refractivity contribution in [2.75, 3.05) is 31.5 Å². The van der Waals surface area contributed by atoms with E-state index in [1.165, 1.54) is 0 Å². The number of urea groups is 1. The Labute approximate surface area is 291 Å². The number of amides is 4. The third-order valence-corrected chi connectivity index (χ3v) is 9.42. The highest BCUT2D eigenvalue weighted by molar-refractivity contribution is 5.92. The zero-order chi connectivity index (χ0) is 34.4. The van der Waals surface area contributed by atoms with Crippen LogP contribution in [0.1, 0.15) is 69.9 Å². The van der Waals surface area contributed by atoms with Crippen molar-refractivity contribution in [3.05, 3.63) is 96.1 Å². The summed E-state index contributed by atoms with van der Waals surface area (Å²) in [6.07, 6.45) is 6.77. The molecule has 3 N–H and O–H groups in total. The maximum atomic E-state index is 14.3. The molecule has 262 valence electrons. The van der Waals surface area contributed by atoms with Crippen molar-refractivity contribution in [2.24, 2.45) is 5.92 Å². The van der Waals surface area contributed by atoms with Crippen LogP contribution in [0.4, 0.5) is 10.5 Å². The minimum atomic E-state index is -0.786. The molecule has 5 rings (SSSR count). The molecule has 9 nitrogen and oxygen atoms in total. The van der Waals surface area contributed by atoms with Crippen LogP contribution in [0.3, 0.4) is 0 Å². The number of hydrogen-bond donors (Lipinski definition) is 3. The maximum absolute atomic E-state index is 14.3. The van der Waals surface area contributed by atoms with Gasteiger partial charge in [0.05, 0.1) is 0 Å². The van der Waals surface area contributed by atoms with Crippen molar-refractivity contribution in [1.29, 1.82) is 0 Å². The predicted octanol–water partition coefficient (Wildman–Crippen LogP) is 6.40. The summed E-state index contributed by atoms with van der Waals surface area (Å²) in [6.45, 7) is 7.20. The van der Waals surface area contributed by atoms with Gasteiger partial charge in [-0.05, 0) is 73.4 Å². The molecule has 0 saturated carbocycles. The van der Waals surface area contributed by atoms with Gasteiger partial charge in [-0.3, -0.25) is 9.59 Å². The van der Waals surface area contributed by atoms with Gasteiger partial charge in [0.2, 0.25) is 11.8 Å². The van der Waals surface area contributed by atoms with Crippen molar-refractivity contribution in [1.82, 2.24) is 20.4 Å². The van der Waals surface area contributed by atoms with Gasteiger partial charge in [-0.15, -0.1) is 0 Å². The number of nitrogens with zero attached hydrogens (tertiary/aromatic N) is 2. The van der Waals surface area contributed by atoms with Crippen molar-refractivity contribution < 1.29 is 19.1 Å². The Kier molecular flexibility index (Phi) is 13.4. The number of carbonyl (C=O) groups excluding carboxylic acids is 3. The molecule has 3 aromatic rings. The number of anilines is 1. The molecule has 0 aliphatic carbocycles. The van der Waals surface area contributed by atoms with Crippen molar-refractivity contribution in [3.63, 3.8) is 0 Å². The van der Waals surface area contributed by atoms with Crippen LogP contribution in [-0.2, 0) is 22.6 Å². The molecule has 2 aliphatic rings. The van der Waals surface area contributed by atoms with E-state index in [-0.39, 0.29) is 29.8 Å². The summed E-state index contributed by atoms with van der Waals surface area (Å²) in [5.74, 6) is 0.484. The number of carbonyl (C=O) groups is 3. The Morgan fingerprint density at radius 1 is 0.755 bits per heavy atom. The average molecular weight is 668 g/mol. The van der Waals surface area contributed by atoms with Gasteiger partial charge in [-0.2, -0.15) is 0 Å². The second kappa shape index (κ2) is 18.3. The number of likely N-dealkylation sites (tertiary alicyclic amines) is 2. The summed E-state index contributed by atoms with van der Waals surface area (Å²) in [5, 5.41) is 9.62. The van der Waals surface area contributed by atoms with Crippen LogP contribution in [0.5, 0.6) is 5.75 Å². The Morgan fingerprint density at radius 3 is 2.10 bits per heavy atom. The smallest absolute Gasteiger partial charge is 0.318 e. The second-order valence-electron chi connectivity index (χ2n) is 13.8. The Morgan fingerprint density at radius 2 is 1.43 bits per heavy atom. The third kappa shape index (κ3) is 11.0. The summed E-state index contributed by atoms with van der Waals surface area (Å²) in [5.41, 5.74) is 3.01. The highest BCUT2D eigenvalue weighted by Gasteiger charge is 2.35. The largest absolute Gasteiger partial charge is 0.489 e. The van der Waals surface area contributed by atoms with Gasteiger partial charge in [0.1, 0.15) is 24.4 Å². The van der Waals surface area contributed by atoms with Gasteiger partial charge in [0, 0.05) is 44.3 Å². The summed E-state index contributed by atoms with van der Waals surface area (Å²) in [6, 6.07) is 26.0. The number of rotatable bonds is 14. The van der Waals surface area contributed by atoms with E-state index < -0.39 is 12.1 Å². The standard InChI is InChI=1S/C40H53N5O4/c1-30(2)26-36(43-40(48)44-23-11-3-4-12-24-44)38(46)42-37(27-31-19-21-35(22-20-31)49-29-32-14-7-5-8-15-32)39(47)45-25-13-18-34(45)28-41-33-16-9-6-10-17-33/h5-10,14-17,19-22,30,34,36-37,41H,3-4,11-13,18,23-29H2,1-2H3,(H,42,46)(H,43,48). The fourth-order valence-electron chi connectivity index (χ4n) is 6.72. The van der Waals surface area contributed by atoms with Crippen LogP contribution >= 0.6 is 0 Å². The molecule has 2 heterocycles. The molecule has 0 aromatic heterocycles. The van der Waals surface area contributed by atoms with Gasteiger partial charge < -0.3 is 30.5 Å². The number of benzene rings is 3. The Hall–Kier alpha value is -4.53. The Balaban J connectivity index is 1.30. The molecular weight excluding hydrogens is 614 g/mol. The quantitative estimate of drug-likeness (QED) is 0.185. The lowest BCUT2D eigenvalue weighted by Crippen LogP contribution is -2.57. The first-order chi connectivity index (χ1) is 23.9. The SMILES string of the molecule is CC(C)CC(NC(=O)N1CCCCCC1)C(=O)NC(Cc1ccc(OCc2ccccc2)cc1)C(=O)N1CCCC1CNc1ccccc1. The van der Waals surface area contributed by atoms with E-state index in [2.05, 4.69) is 16.0 Å². The summed E-state index contributed by atoms with van der Waals surface area (Å²) < 4.78 is 5.99. The first kappa shape index (κ1) is 35.8. The first-order valence-corrected chi connectivity index (χ1v) is 18.1. The lowest BCUT2D eigenvalue weighted by Gasteiger charge is -2.31. The van der Waals surface area contributed by atoms with E-state index in [1.54, 1.807) is 0 Å². The number of ether oxygens (including phenoxy) is 1. The molecule has 4 amide bonds. The molecule has 3 aromatic carbocycles. The molecule has 0 spiro atoms. The summed E-state index contributed by atoms with van der Waals surface area (Å²) in [7, 11) is 0. The van der Waals surface area contributed by atoms with E-state index >= 15 is 0 Å². The molecule has 2 saturated heterocycles. The normalized spacial score (nSPS) is 17.6. The van der Waals surface area contributed by atoms with Crippen LogP contribution < -0.4 is 20.7 Å². The van der Waals surface area contributed by atoms with Gasteiger partial charge in [0.15, 0.2) is 0 Å². The molecular formula is C40H53N5O4. The maximum Gasteiger partial charge on any atom is 0.318 e. The highest BCUT2D eigenvalue weighted by atomic mass is 16.5. The topological polar surface area (TPSA) is 103 Å². The molecule has 3 unspecified atom stereocenters. The fraction of sp³-hybridized carbons (Fsp3) is 0.475. The molecule has 9 heteroatoms. The minimum Gasteiger partial charge on any atom is -0.489 e. The lowest BCUT2D eigenvalue weighted by atomic mass is 10.0. The number of para-hydroxylation sites is 1. The zero-order valence-electron chi connectivity index (χ0n) is 29.1. The van der Waals surface area contributed by atoms with Gasteiger partial charge >= 0.3 is 6.03 Å². The van der Waals surface area contributed by atoms with Crippen LogP contribution in [-0.4, -0.2) is 71.9 Å². The predicted molar refractivity (Wildman–Crippen MR) is 194 cm³/mol. The van der Waals surface area contributed by atoms with Crippen molar-refractivity contribution in [3.8, 4) is 5.75 Å². The third-order valence-electron chi connectivity index (χ3n) is 9.42. The van der Waals surface area contributed by atoms with Crippen molar-refractivity contribution in [2.45, 2.75) is 89.9 Å². The monoisotopic (exact) mass is 667 g/mol. The molecule has 0 bridgehead atoms. The van der Waals surface area contributed by atoms with Crippen LogP contribution in [0.15, 0.2) is 84.9 Å². The molecule has 2 fully saturated rings. The van der Waals surface area contributed by atoms with E-state index in [0.29, 0.717) is 45.6 Å². The van der Waals surface area contributed by atoms with Gasteiger partial charge in [0.25, 0.3) is 0 Å². The second-order valence-corrected chi connectivity index (χ2v) is 13.8. The summed E-state index contributed by atoms with van der Waals surface area (Å²) in [4.78, 5) is 45.4. The highest BCUT2D eigenvalue weighted by Crippen LogP contribution is 2.22. The van der Waals surface area contributed by atoms with E-state index in [1.807, 2.05) is 109 Å². The van der Waals surface area contributed by atoms with Crippen LogP contribution in [0.25, 0.3) is 0 Å². The van der Waals surface area contributed by atoms with E-state index in [4.69, 9.17) is 4.74 Å². The number of hydrogen-bond acceptors (Lipinski definition) is 5. The number of nitrogens with one attached hydrogen (secondary N) is 3. The molecule has 0 radical (unpaired) electrons. The minimum absolute atomic E-state index is 0.00932. The fourth-order valence-corrected chi connectivity index (χ4v) is 6.72. The lowest BCUT2D eigenvalue weighted by molar-refractivity contribution is -0.137. The Bertz CT molecular complexity index is 1460. The summed E-state index contributed by atoms with van der Waals surface area (Å²) >= 11 is 0. The van der Waals surface area contributed by atoms with Crippen LogP contribution in [0, 0.1) is 5.92 Å². The molecule has 3 atom stereocenters. The molecule has 2 aliphatic heterocycles. The molecule has 49 heavy (non-hydrogen) atoms. The first-order valence-electron chi connectivity index (χ1n) is 18.1. The average Bonchev–Trinajstić information content (AvgIpc) is 3.42. The van der Waals surface area contributed by atoms with E-state index in [0.717, 1.165) is 61.1 Å². The zero-order valence-corrected chi connectivity index (χ0v) is 29.1. The van der Waals surface area contributed by atoms with E-state index in [9.17, 15) is 14.4 Å². The van der Waals surface area contributed by atoms with Crippen molar-refractivity contribution >= 4 is 23.5 Å². The van der Waals surface area contributed by atoms with Gasteiger partial charge in [-0.25, -0.2) is 4.79 Å². The van der Waals surface area contributed by atoms with Crippen LogP contribution in [0.2, 0.25) is 0 Å². The van der Waals surface area contributed by atoms with Gasteiger partial charge in [-0.1, -0.05) is 87.4 Å².